The molecule has 6 N–H and O–H groups in total. The van der Waals surface area contributed by atoms with E-state index in [1.807, 2.05) is 38.0 Å². The quantitative estimate of drug-likeness (QED) is 0.0196. The van der Waals surface area contributed by atoms with E-state index in [2.05, 4.69) is 40.8 Å². The number of nitrogens with one attached hydrogen (secondary N) is 4. The van der Waals surface area contributed by atoms with E-state index in [0.717, 1.165) is 25.1 Å². The zero-order valence-electron chi connectivity index (χ0n) is 52.1. The van der Waals surface area contributed by atoms with E-state index in [1.165, 1.54) is 18.3 Å². The number of aromatic hydroxyl groups is 2. The minimum atomic E-state index is -0.639. The molecule has 2 aromatic carbocycles. The number of hydrogen-bond acceptors (Lipinski definition) is 15. The molecule has 0 fully saturated rings. The molecule has 0 bridgehead atoms. The Labute approximate surface area is 523 Å². The molecular weight excluding hydrogens is 1160 g/mol. The predicted molar refractivity (Wildman–Crippen MR) is 341 cm³/mol. The van der Waals surface area contributed by atoms with Crippen LogP contribution in [-0.4, -0.2) is 142 Å². The van der Waals surface area contributed by atoms with Crippen LogP contribution in [0.3, 0.4) is 0 Å². The first-order valence-corrected chi connectivity index (χ1v) is 29.9. The third-order valence-electron chi connectivity index (χ3n) is 16.1. The number of imidazole rings is 3. The molecule has 1 aliphatic heterocycles. The Bertz CT molecular complexity index is 4380. The van der Waals surface area contributed by atoms with Gasteiger partial charge >= 0.3 is 0 Å². The molecule has 10 rings (SSSR count). The number of aromatic amines is 1. The number of amides is 3. The largest absolute Gasteiger partial charge is 0.507 e. The minimum Gasteiger partial charge on any atom is -0.507 e. The molecule has 0 saturated carbocycles. The van der Waals surface area contributed by atoms with E-state index < -0.39 is 11.8 Å². The van der Waals surface area contributed by atoms with Crippen molar-refractivity contribution in [3.63, 3.8) is 0 Å². The molecule has 472 valence electrons. The molecule has 7 aromatic heterocycles. The molecule has 0 aliphatic carbocycles. The summed E-state index contributed by atoms with van der Waals surface area (Å²) in [5.74, 6) is -1.82. The first kappa shape index (κ1) is 63.5. The fraction of sp³-hybridized carbons (Fsp3) is 0.333. The first-order valence-electron chi connectivity index (χ1n) is 29.9. The van der Waals surface area contributed by atoms with Gasteiger partial charge in [-0.15, -0.1) is 0 Å². The van der Waals surface area contributed by atoms with Crippen LogP contribution in [0, 0.1) is 0 Å². The predicted octanol–water partition coefficient (Wildman–Crippen LogP) is 7.47. The monoisotopic (exact) mass is 1240 g/mol. The van der Waals surface area contributed by atoms with Crippen LogP contribution >= 0.6 is 0 Å². The maximum absolute atomic E-state index is 13.7. The fourth-order valence-electron chi connectivity index (χ4n) is 11.5. The van der Waals surface area contributed by atoms with Crippen molar-refractivity contribution in [1.29, 1.82) is 0 Å². The lowest BCUT2D eigenvalue weighted by molar-refractivity contribution is -0.119. The second kappa shape index (κ2) is 27.0. The Balaban J connectivity index is 0.661. The Morgan fingerprint density at radius 3 is 2.03 bits per heavy atom. The number of aromatic nitrogens is 10. The van der Waals surface area contributed by atoms with E-state index in [0.29, 0.717) is 93.6 Å². The number of benzene rings is 2. The lowest BCUT2D eigenvalue weighted by Gasteiger charge is -2.08. The number of unbranched alkanes of at least 4 members (excludes halogenated alkanes) is 1. The number of H-pyrrole nitrogens is 1. The summed E-state index contributed by atoms with van der Waals surface area (Å²) in [6.45, 7) is 1.11. The van der Waals surface area contributed by atoms with Crippen LogP contribution in [0.1, 0.15) is 142 Å². The number of carbonyl (C=O) groups excluding carboxylic acids is 8. The number of phenolic OH excluding ortho intramolecular Hbond substituents is 2. The summed E-state index contributed by atoms with van der Waals surface area (Å²) in [5, 5.41) is 31.1. The van der Waals surface area contributed by atoms with E-state index >= 15 is 0 Å². The van der Waals surface area contributed by atoms with Gasteiger partial charge in [0.1, 0.15) is 28.5 Å². The Morgan fingerprint density at radius 1 is 0.582 bits per heavy atom. The smallest absolute Gasteiger partial charge is 0.291 e. The number of aliphatic imine (C=N–C) groups is 1. The van der Waals surface area contributed by atoms with Gasteiger partial charge in [-0.25, -0.2) is 15.0 Å². The van der Waals surface area contributed by atoms with Crippen LogP contribution in [0.5, 0.6) is 11.5 Å². The van der Waals surface area contributed by atoms with Gasteiger partial charge in [-0.05, 0) is 106 Å². The molecule has 91 heavy (non-hydrogen) atoms. The van der Waals surface area contributed by atoms with Crippen molar-refractivity contribution in [2.75, 3.05) is 37.8 Å². The zero-order valence-corrected chi connectivity index (χ0v) is 52.1. The number of Topliss-reactive ketones (excluding diaryl/α,β-unsaturated/α-hetero) is 5. The topological polar surface area (TPSA) is 313 Å². The maximum atomic E-state index is 13.7. The van der Waals surface area contributed by atoms with Gasteiger partial charge in [-0.1, -0.05) is 0 Å². The molecule has 3 amide bonds. The SMILES string of the molecule is CN(C)CCCCC(=O)CCCC(=O)c1cc(CC(=O)c2ccc3c(c2O)CC(c2cc(CC(=O)c4nc(CC(=O)CCCNC(=O)c5cc(NC(=O)c6ccc7[nH]c(-c8cc(NC(=O)c9nccn9C)cn8C)nc7c6O)cn5C)cn4C)cn2C)=N3)cn1C. The van der Waals surface area contributed by atoms with Gasteiger partial charge in [0.05, 0.1) is 68.6 Å². The van der Waals surface area contributed by atoms with Crippen molar-refractivity contribution in [2.45, 2.75) is 77.0 Å². The van der Waals surface area contributed by atoms with Crippen molar-refractivity contribution < 1.29 is 48.6 Å². The summed E-state index contributed by atoms with van der Waals surface area (Å²) in [6.07, 6.45) is 15.7. The van der Waals surface area contributed by atoms with Crippen LogP contribution in [0.15, 0.2) is 96.9 Å². The van der Waals surface area contributed by atoms with Crippen molar-refractivity contribution in [3.05, 3.63) is 154 Å². The van der Waals surface area contributed by atoms with Gasteiger partial charge in [0.25, 0.3) is 17.7 Å². The summed E-state index contributed by atoms with van der Waals surface area (Å²) in [4.78, 5) is 129. The Hall–Kier alpha value is -10.6. The molecular formula is C66H73N15O10. The third kappa shape index (κ3) is 14.5. The van der Waals surface area contributed by atoms with Crippen LogP contribution in [-0.2, 0) is 77.6 Å². The molecule has 1 aliphatic rings. The average Bonchev–Trinajstić information content (AvgIpc) is 1.91. The van der Waals surface area contributed by atoms with E-state index in [-0.39, 0.29) is 125 Å². The van der Waals surface area contributed by atoms with Gasteiger partial charge in [0.15, 0.2) is 34.8 Å². The molecule has 9 aromatic rings. The molecule has 0 atom stereocenters. The average molecular weight is 1240 g/mol. The summed E-state index contributed by atoms with van der Waals surface area (Å²) in [7, 11) is 14.4. The standard InChI is InChI=1S/C66H73N15O10/c1-75(2)23-10-9-13-43(82)14-11-16-55(84)52-26-39(34-78(52)5)27-56(85)45-17-19-48-47(59(45)87)32-50(72-48)51-25-38(33-77(51)4)28-57(86)62-69-40(37-81(62)8)29-44(83)15-12-21-68-65(90)54-31-42(36-80(54)7)70-64(89)46-18-20-49-58(60(46)88)74-61(73-49)53-30-41(35-79(53)6)71-66(91)63-67-22-24-76(63)3/h17-20,22,24-26,30-31,33-37,87-88H,9-16,21,23,27-29,32H2,1-8H3,(H,68,90)(H,70,89)(H,71,91)(H,73,74). The number of carbonyl (C=O) groups is 8. The highest BCUT2D eigenvalue weighted by Crippen LogP contribution is 2.39. The second-order valence-electron chi connectivity index (χ2n) is 23.6. The molecule has 25 heteroatoms. The summed E-state index contributed by atoms with van der Waals surface area (Å²) >= 11 is 0. The van der Waals surface area contributed by atoms with Crippen LogP contribution in [0.4, 0.5) is 17.1 Å². The Morgan fingerprint density at radius 2 is 1.26 bits per heavy atom. The van der Waals surface area contributed by atoms with Gasteiger partial charge in [0.2, 0.25) is 5.78 Å². The highest BCUT2D eigenvalue weighted by Gasteiger charge is 2.28. The molecule has 0 spiro atoms. The van der Waals surface area contributed by atoms with E-state index in [4.69, 9.17) is 4.99 Å². The number of rotatable bonds is 29. The number of fused-ring (bicyclic) bond motifs is 2. The van der Waals surface area contributed by atoms with Gasteiger partial charge < -0.3 is 63.4 Å². The van der Waals surface area contributed by atoms with Gasteiger partial charge in [-0.2, -0.15) is 0 Å². The number of anilines is 2. The van der Waals surface area contributed by atoms with Gasteiger partial charge in [0, 0.05) is 143 Å². The normalized spacial score (nSPS) is 12.0. The summed E-state index contributed by atoms with van der Waals surface area (Å²) < 4.78 is 10.0. The summed E-state index contributed by atoms with van der Waals surface area (Å²) in [5.41, 5.74) is 6.98. The number of aryl methyl sites for hydroxylation is 6. The lowest BCUT2D eigenvalue weighted by atomic mass is 9.98. The molecule has 0 saturated heterocycles. The number of nitrogens with zero attached hydrogens (tertiary/aromatic N) is 11. The molecule has 25 nitrogen and oxygen atoms in total. The molecule has 0 radical (unpaired) electrons. The van der Waals surface area contributed by atoms with Crippen molar-refractivity contribution in [1.82, 2.24) is 57.6 Å². The minimum absolute atomic E-state index is 0.0121. The van der Waals surface area contributed by atoms with Crippen LogP contribution in [0.25, 0.3) is 22.6 Å². The second-order valence-corrected chi connectivity index (χ2v) is 23.6. The highest BCUT2D eigenvalue weighted by atomic mass is 16.3. The molecule has 8 heterocycles. The fourth-order valence-corrected chi connectivity index (χ4v) is 11.5. The Kier molecular flexibility index (Phi) is 18.9. The van der Waals surface area contributed by atoms with Gasteiger partial charge in [-0.3, -0.25) is 43.3 Å². The summed E-state index contributed by atoms with van der Waals surface area (Å²) in [6, 6.07) is 13.1. The number of hydrogen-bond donors (Lipinski definition) is 6. The maximum Gasteiger partial charge on any atom is 0.291 e. The van der Waals surface area contributed by atoms with E-state index in [9.17, 15) is 48.6 Å². The van der Waals surface area contributed by atoms with Crippen molar-refractivity contribution in [3.8, 4) is 23.0 Å². The highest BCUT2D eigenvalue weighted by molar-refractivity contribution is 6.11. The van der Waals surface area contributed by atoms with Crippen LogP contribution < -0.4 is 16.0 Å². The number of ketones is 5. The third-order valence-corrected chi connectivity index (χ3v) is 16.1. The van der Waals surface area contributed by atoms with E-state index in [1.54, 1.807) is 119 Å². The van der Waals surface area contributed by atoms with Crippen molar-refractivity contribution in [2.24, 2.45) is 47.3 Å². The van der Waals surface area contributed by atoms with Crippen molar-refractivity contribution >= 4 is 80.4 Å². The molecule has 0 unspecified atom stereocenters. The lowest BCUT2D eigenvalue weighted by Crippen LogP contribution is -2.26. The first-order chi connectivity index (χ1) is 43.5. The number of phenols is 2. The zero-order chi connectivity index (χ0) is 64.9. The van der Waals surface area contributed by atoms with Crippen LogP contribution in [0.2, 0.25) is 0 Å².